The van der Waals surface area contributed by atoms with Gasteiger partial charge in [0.2, 0.25) is 5.56 Å². The zero-order valence-electron chi connectivity index (χ0n) is 9.66. The first-order valence-electron chi connectivity index (χ1n) is 5.96. The molecule has 1 aliphatic heterocycles. The van der Waals surface area contributed by atoms with E-state index in [9.17, 15) is 9.59 Å². The molecule has 17 heavy (non-hydrogen) atoms. The van der Waals surface area contributed by atoms with E-state index in [1.807, 2.05) is 0 Å². The van der Waals surface area contributed by atoms with Gasteiger partial charge in [-0.15, -0.1) is 0 Å². The minimum atomic E-state index is -0.255. The van der Waals surface area contributed by atoms with Crippen LogP contribution in [-0.4, -0.2) is 30.0 Å². The molecule has 5 heteroatoms. The number of hydrogen-bond donors (Lipinski definition) is 3. The standard InChI is InChI=1S/C12H17N3O2/c16-11-8-9(3-6-14-11)12(17)15-7-4-10-2-1-5-13-10/h3,6,8,10,13H,1-2,4-5,7H2,(H,14,16)(H,15,17)/t10-/m0/s1. The number of amides is 1. The van der Waals surface area contributed by atoms with Crippen LogP contribution in [0.2, 0.25) is 0 Å². The third-order valence-electron chi connectivity index (χ3n) is 2.98. The highest BCUT2D eigenvalue weighted by Crippen LogP contribution is 2.07. The first kappa shape index (κ1) is 11.9. The van der Waals surface area contributed by atoms with Gasteiger partial charge in [-0.1, -0.05) is 0 Å². The summed E-state index contributed by atoms with van der Waals surface area (Å²) in [5, 5.41) is 6.19. The highest BCUT2D eigenvalue weighted by molar-refractivity contribution is 5.93. The molecule has 0 spiro atoms. The van der Waals surface area contributed by atoms with Crippen LogP contribution >= 0.6 is 0 Å². The second kappa shape index (κ2) is 5.63. The van der Waals surface area contributed by atoms with Crippen molar-refractivity contribution in [1.82, 2.24) is 15.6 Å². The molecule has 92 valence electrons. The van der Waals surface area contributed by atoms with Crippen LogP contribution in [0.4, 0.5) is 0 Å². The molecule has 0 saturated carbocycles. The molecule has 0 radical (unpaired) electrons. The molecular formula is C12H17N3O2. The average Bonchev–Trinajstić information content (AvgIpc) is 2.82. The van der Waals surface area contributed by atoms with Crippen molar-refractivity contribution >= 4 is 5.91 Å². The molecule has 1 saturated heterocycles. The normalized spacial score (nSPS) is 19.2. The van der Waals surface area contributed by atoms with Crippen LogP contribution in [0.5, 0.6) is 0 Å². The lowest BCUT2D eigenvalue weighted by Crippen LogP contribution is -2.31. The van der Waals surface area contributed by atoms with Gasteiger partial charge in [-0.2, -0.15) is 0 Å². The number of hydrogen-bond acceptors (Lipinski definition) is 3. The Morgan fingerprint density at radius 2 is 2.41 bits per heavy atom. The second-order valence-electron chi connectivity index (χ2n) is 4.28. The molecule has 0 bridgehead atoms. The van der Waals surface area contributed by atoms with Crippen molar-refractivity contribution in [2.75, 3.05) is 13.1 Å². The number of carbonyl (C=O) groups excluding carboxylic acids is 1. The fourth-order valence-corrected chi connectivity index (χ4v) is 2.05. The molecule has 0 unspecified atom stereocenters. The lowest BCUT2D eigenvalue weighted by atomic mass is 10.1. The smallest absolute Gasteiger partial charge is 0.251 e. The number of aromatic amines is 1. The van der Waals surface area contributed by atoms with E-state index < -0.39 is 0 Å². The van der Waals surface area contributed by atoms with E-state index in [0.717, 1.165) is 13.0 Å². The number of rotatable bonds is 4. The van der Waals surface area contributed by atoms with Crippen molar-refractivity contribution < 1.29 is 4.79 Å². The van der Waals surface area contributed by atoms with Crippen LogP contribution in [0.25, 0.3) is 0 Å². The third kappa shape index (κ3) is 3.42. The van der Waals surface area contributed by atoms with E-state index in [0.29, 0.717) is 18.2 Å². The molecule has 1 amide bonds. The maximum absolute atomic E-state index is 11.7. The molecule has 0 aliphatic carbocycles. The Labute approximate surface area is 99.6 Å². The zero-order chi connectivity index (χ0) is 12.1. The van der Waals surface area contributed by atoms with E-state index >= 15 is 0 Å². The maximum Gasteiger partial charge on any atom is 0.251 e. The van der Waals surface area contributed by atoms with Crippen molar-refractivity contribution in [3.05, 3.63) is 34.2 Å². The molecule has 0 aromatic carbocycles. The van der Waals surface area contributed by atoms with Gasteiger partial charge >= 0.3 is 0 Å². The summed E-state index contributed by atoms with van der Waals surface area (Å²) in [6.07, 6.45) is 4.82. The van der Waals surface area contributed by atoms with Gasteiger partial charge < -0.3 is 15.6 Å². The van der Waals surface area contributed by atoms with Gasteiger partial charge in [0.25, 0.3) is 5.91 Å². The molecule has 1 atom stereocenters. The summed E-state index contributed by atoms with van der Waals surface area (Å²) >= 11 is 0. The first-order valence-corrected chi connectivity index (χ1v) is 5.96. The van der Waals surface area contributed by atoms with Gasteiger partial charge in [0, 0.05) is 30.4 Å². The highest BCUT2D eigenvalue weighted by atomic mass is 16.2. The summed E-state index contributed by atoms with van der Waals surface area (Å²) in [4.78, 5) is 25.2. The quantitative estimate of drug-likeness (QED) is 0.700. The first-order chi connectivity index (χ1) is 8.25. The van der Waals surface area contributed by atoms with Gasteiger partial charge in [0.05, 0.1) is 0 Å². The number of pyridine rings is 1. The largest absolute Gasteiger partial charge is 0.352 e. The average molecular weight is 235 g/mol. The zero-order valence-corrected chi connectivity index (χ0v) is 9.66. The fraction of sp³-hybridized carbons (Fsp3) is 0.500. The van der Waals surface area contributed by atoms with Crippen molar-refractivity contribution in [3.8, 4) is 0 Å². The van der Waals surface area contributed by atoms with Crippen LogP contribution < -0.4 is 16.2 Å². The van der Waals surface area contributed by atoms with Crippen molar-refractivity contribution in [2.45, 2.75) is 25.3 Å². The molecule has 2 heterocycles. The Balaban J connectivity index is 1.79. The van der Waals surface area contributed by atoms with E-state index in [2.05, 4.69) is 15.6 Å². The monoisotopic (exact) mass is 235 g/mol. The van der Waals surface area contributed by atoms with E-state index in [4.69, 9.17) is 0 Å². The predicted molar refractivity (Wildman–Crippen MR) is 65.0 cm³/mol. The number of H-pyrrole nitrogens is 1. The van der Waals surface area contributed by atoms with Crippen molar-refractivity contribution in [3.63, 3.8) is 0 Å². The van der Waals surface area contributed by atoms with Gasteiger partial charge in [0.1, 0.15) is 0 Å². The number of aromatic nitrogens is 1. The predicted octanol–water partition coefficient (Wildman–Crippen LogP) is 0.247. The summed E-state index contributed by atoms with van der Waals surface area (Å²) < 4.78 is 0. The molecule has 1 aromatic rings. The Hall–Kier alpha value is -1.62. The molecule has 2 rings (SSSR count). The van der Waals surface area contributed by atoms with Crippen molar-refractivity contribution in [2.24, 2.45) is 0 Å². The minimum absolute atomic E-state index is 0.186. The summed E-state index contributed by atoms with van der Waals surface area (Å²) in [5.74, 6) is -0.186. The maximum atomic E-state index is 11.7. The van der Waals surface area contributed by atoms with Gasteiger partial charge in [-0.3, -0.25) is 9.59 Å². The van der Waals surface area contributed by atoms with Crippen LogP contribution in [0.1, 0.15) is 29.6 Å². The molecule has 5 nitrogen and oxygen atoms in total. The van der Waals surface area contributed by atoms with Gasteiger partial charge in [-0.25, -0.2) is 0 Å². The minimum Gasteiger partial charge on any atom is -0.352 e. The fourth-order valence-electron chi connectivity index (χ4n) is 2.05. The molecule has 1 aliphatic rings. The summed E-state index contributed by atoms with van der Waals surface area (Å²) in [5.41, 5.74) is 0.156. The lowest BCUT2D eigenvalue weighted by Gasteiger charge is -2.10. The molecule has 1 aromatic heterocycles. The number of carbonyl (C=O) groups is 1. The van der Waals surface area contributed by atoms with Crippen LogP contribution in [-0.2, 0) is 0 Å². The highest BCUT2D eigenvalue weighted by Gasteiger charge is 2.13. The topological polar surface area (TPSA) is 74.0 Å². The summed E-state index contributed by atoms with van der Waals surface area (Å²) in [6, 6.07) is 3.43. The van der Waals surface area contributed by atoms with Gasteiger partial charge in [-0.05, 0) is 31.9 Å². The van der Waals surface area contributed by atoms with Gasteiger partial charge in [0.15, 0.2) is 0 Å². The Morgan fingerprint density at radius 3 is 3.12 bits per heavy atom. The van der Waals surface area contributed by atoms with Crippen LogP contribution in [0.15, 0.2) is 23.1 Å². The van der Waals surface area contributed by atoms with Crippen LogP contribution in [0.3, 0.4) is 0 Å². The molecule has 3 N–H and O–H groups in total. The summed E-state index contributed by atoms with van der Waals surface area (Å²) in [7, 11) is 0. The second-order valence-corrected chi connectivity index (χ2v) is 4.28. The summed E-state index contributed by atoms with van der Waals surface area (Å²) in [6.45, 7) is 1.72. The Kier molecular flexibility index (Phi) is 3.93. The van der Waals surface area contributed by atoms with E-state index in [1.165, 1.54) is 25.1 Å². The van der Waals surface area contributed by atoms with Crippen molar-refractivity contribution in [1.29, 1.82) is 0 Å². The number of nitrogens with one attached hydrogen (secondary N) is 3. The Morgan fingerprint density at radius 1 is 1.53 bits per heavy atom. The van der Waals surface area contributed by atoms with E-state index in [-0.39, 0.29) is 11.5 Å². The molecular weight excluding hydrogens is 218 g/mol. The lowest BCUT2D eigenvalue weighted by molar-refractivity contribution is 0.0952. The van der Waals surface area contributed by atoms with Crippen LogP contribution in [0, 0.1) is 0 Å². The molecule has 1 fully saturated rings. The Bertz CT molecular complexity index is 435. The SMILES string of the molecule is O=C(NCC[C@@H]1CCCN1)c1cc[nH]c(=O)c1. The third-order valence-corrected chi connectivity index (χ3v) is 2.98. The van der Waals surface area contributed by atoms with E-state index in [1.54, 1.807) is 6.07 Å².